The van der Waals surface area contributed by atoms with E-state index in [0.29, 0.717) is 48.1 Å². The minimum atomic E-state index is -4.20. The van der Waals surface area contributed by atoms with Crippen molar-refractivity contribution in [1.29, 1.82) is 0 Å². The number of benzene rings is 2. The van der Waals surface area contributed by atoms with Gasteiger partial charge in [-0.05, 0) is 42.8 Å². The average Bonchev–Trinajstić information content (AvgIpc) is 2.82. The smallest absolute Gasteiger partial charge is 0.368 e. The van der Waals surface area contributed by atoms with Crippen molar-refractivity contribution in [1.82, 2.24) is 10.2 Å². The Kier molecular flexibility index (Phi) is 9.15. The zero-order valence-electron chi connectivity index (χ0n) is 19.7. The van der Waals surface area contributed by atoms with E-state index in [-0.39, 0.29) is 18.7 Å². The quantitative estimate of drug-likeness (QED) is 0.430. The summed E-state index contributed by atoms with van der Waals surface area (Å²) in [5.74, 6) is -1.93. The van der Waals surface area contributed by atoms with E-state index in [0.717, 1.165) is 0 Å². The van der Waals surface area contributed by atoms with E-state index in [9.17, 15) is 27.2 Å². The van der Waals surface area contributed by atoms with Crippen LogP contribution in [0.5, 0.6) is 0 Å². The maximum Gasteiger partial charge on any atom is 0.390 e. The van der Waals surface area contributed by atoms with Crippen LogP contribution in [0.1, 0.15) is 29.3 Å². The second-order valence-corrected chi connectivity index (χ2v) is 9.07. The van der Waals surface area contributed by atoms with Crippen LogP contribution in [0.4, 0.5) is 28.9 Å². The molecule has 3 rings (SSSR count). The summed E-state index contributed by atoms with van der Waals surface area (Å²) in [6.07, 6.45) is -5.07. The van der Waals surface area contributed by atoms with Crippen LogP contribution in [0.15, 0.2) is 36.4 Å². The maximum absolute atomic E-state index is 14.7. The molecule has 2 amide bonds. The lowest BCUT2D eigenvalue weighted by Crippen LogP contribution is -2.47. The predicted molar refractivity (Wildman–Crippen MR) is 131 cm³/mol. The monoisotopic (exact) mass is 529 g/mol. The van der Waals surface area contributed by atoms with Gasteiger partial charge in [-0.25, -0.2) is 4.39 Å². The lowest BCUT2D eigenvalue weighted by Gasteiger charge is -2.37. The topological polar surface area (TPSA) is 90.7 Å². The van der Waals surface area contributed by atoms with Gasteiger partial charge in [-0.2, -0.15) is 13.2 Å². The summed E-state index contributed by atoms with van der Waals surface area (Å²) >= 11 is 6.16. The summed E-state index contributed by atoms with van der Waals surface area (Å²) in [5, 5.41) is 6.00. The first-order valence-corrected chi connectivity index (χ1v) is 11.8. The second kappa shape index (κ2) is 11.9. The highest BCUT2D eigenvalue weighted by Gasteiger charge is 2.29. The molecule has 1 atom stereocenters. The molecule has 36 heavy (non-hydrogen) atoms. The Morgan fingerprint density at radius 3 is 2.42 bits per heavy atom. The third-order valence-electron chi connectivity index (χ3n) is 5.95. The maximum atomic E-state index is 14.7. The van der Waals surface area contributed by atoms with Crippen LogP contribution in [-0.2, 0) is 11.3 Å². The van der Waals surface area contributed by atoms with Gasteiger partial charge in [-0.1, -0.05) is 17.7 Å². The fourth-order valence-electron chi connectivity index (χ4n) is 3.78. The van der Waals surface area contributed by atoms with Gasteiger partial charge in [0.15, 0.2) is 0 Å². The Labute approximate surface area is 211 Å². The van der Waals surface area contributed by atoms with Crippen LogP contribution in [-0.4, -0.2) is 61.7 Å². The highest BCUT2D eigenvalue weighted by molar-refractivity contribution is 6.31. The Morgan fingerprint density at radius 2 is 1.81 bits per heavy atom. The van der Waals surface area contributed by atoms with Gasteiger partial charge in [0, 0.05) is 44.3 Å². The van der Waals surface area contributed by atoms with Crippen LogP contribution >= 0.6 is 11.6 Å². The molecule has 0 radical (unpaired) electrons. The van der Waals surface area contributed by atoms with E-state index in [1.54, 1.807) is 36.1 Å². The van der Waals surface area contributed by atoms with Gasteiger partial charge in [-0.15, -0.1) is 0 Å². The predicted octanol–water partition coefficient (Wildman–Crippen LogP) is 3.77. The van der Waals surface area contributed by atoms with Gasteiger partial charge in [0.25, 0.3) is 5.91 Å². The van der Waals surface area contributed by atoms with Crippen LogP contribution < -0.4 is 21.3 Å². The first-order valence-electron chi connectivity index (χ1n) is 11.4. The van der Waals surface area contributed by atoms with E-state index in [2.05, 4.69) is 10.6 Å². The molecule has 1 saturated heterocycles. The van der Waals surface area contributed by atoms with Crippen molar-refractivity contribution in [2.24, 2.45) is 5.73 Å². The Hall–Kier alpha value is -2.89. The fourth-order valence-corrected chi connectivity index (χ4v) is 3.95. The van der Waals surface area contributed by atoms with Crippen molar-refractivity contribution in [3.8, 4) is 0 Å². The number of halogens is 5. The summed E-state index contributed by atoms with van der Waals surface area (Å²) in [6.45, 7) is 3.46. The molecule has 1 aliphatic heterocycles. The largest absolute Gasteiger partial charge is 0.390 e. The zero-order chi connectivity index (χ0) is 26.5. The zero-order valence-corrected chi connectivity index (χ0v) is 20.4. The number of anilines is 2. The van der Waals surface area contributed by atoms with Gasteiger partial charge >= 0.3 is 6.18 Å². The number of amides is 2. The van der Waals surface area contributed by atoms with Crippen molar-refractivity contribution >= 4 is 34.8 Å². The number of nitrogens with two attached hydrogens (primary N) is 1. The van der Waals surface area contributed by atoms with Gasteiger partial charge in [0.2, 0.25) is 5.91 Å². The molecule has 1 fully saturated rings. The molecule has 2 aromatic carbocycles. The van der Waals surface area contributed by atoms with Gasteiger partial charge < -0.3 is 21.3 Å². The number of primary amides is 1. The number of nitrogens with zero attached hydrogens (tertiary/aromatic N) is 2. The number of hydrogen-bond acceptors (Lipinski definition) is 5. The van der Waals surface area contributed by atoms with Crippen LogP contribution in [0, 0.1) is 5.82 Å². The highest BCUT2D eigenvalue weighted by atomic mass is 35.5. The van der Waals surface area contributed by atoms with Crippen molar-refractivity contribution in [3.05, 3.63) is 58.4 Å². The summed E-state index contributed by atoms with van der Waals surface area (Å²) in [7, 11) is 0. The van der Waals surface area contributed by atoms with Crippen molar-refractivity contribution in [3.63, 3.8) is 0 Å². The molecule has 0 bridgehead atoms. The summed E-state index contributed by atoms with van der Waals surface area (Å²) < 4.78 is 52.3. The normalized spacial score (nSPS) is 15.6. The number of rotatable bonds is 9. The minimum absolute atomic E-state index is 0.0668. The lowest BCUT2D eigenvalue weighted by atomic mass is 10.1. The van der Waals surface area contributed by atoms with E-state index in [1.807, 2.05) is 4.90 Å². The first-order chi connectivity index (χ1) is 16.9. The molecule has 0 aliphatic carbocycles. The molecule has 0 saturated carbocycles. The van der Waals surface area contributed by atoms with Crippen LogP contribution in [0.2, 0.25) is 5.02 Å². The molecule has 2 aromatic rings. The van der Waals surface area contributed by atoms with Crippen LogP contribution in [0.25, 0.3) is 0 Å². The van der Waals surface area contributed by atoms with Crippen molar-refractivity contribution in [2.75, 3.05) is 42.9 Å². The third-order valence-corrected chi connectivity index (χ3v) is 6.18. The van der Waals surface area contributed by atoms with Crippen LogP contribution in [0.3, 0.4) is 0 Å². The summed E-state index contributed by atoms with van der Waals surface area (Å²) in [4.78, 5) is 27.7. The highest BCUT2D eigenvalue weighted by Crippen LogP contribution is 2.31. The minimum Gasteiger partial charge on any atom is -0.368 e. The Bertz CT molecular complexity index is 1090. The lowest BCUT2D eigenvalue weighted by molar-refractivity contribution is -0.138. The van der Waals surface area contributed by atoms with Crippen molar-refractivity contribution < 1.29 is 27.2 Å². The van der Waals surface area contributed by atoms with Gasteiger partial charge in [-0.3, -0.25) is 14.5 Å². The molecule has 0 unspecified atom stereocenters. The molecule has 196 valence electrons. The number of carbonyl (C=O) groups is 2. The summed E-state index contributed by atoms with van der Waals surface area (Å²) in [5.41, 5.74) is 6.58. The number of hydrogen-bond donors (Lipinski definition) is 3. The molecule has 4 N–H and O–H groups in total. The number of carbonyl (C=O) groups excluding carboxylic acids is 2. The van der Waals surface area contributed by atoms with E-state index < -0.39 is 36.3 Å². The van der Waals surface area contributed by atoms with Gasteiger partial charge in [0.05, 0.1) is 29.4 Å². The number of nitrogens with one attached hydrogen (secondary N) is 2. The molecule has 0 spiro atoms. The van der Waals surface area contributed by atoms with E-state index >= 15 is 0 Å². The molecule has 1 aliphatic rings. The SMILES string of the molecule is C[C@H](NCc1ccc(C(=O)Nc2ccc(Cl)cc2N2CCN(CCC(F)(F)F)CC2)c(F)c1)C(N)=O. The van der Waals surface area contributed by atoms with E-state index in [4.69, 9.17) is 17.3 Å². The molecule has 12 heteroatoms. The average molecular weight is 530 g/mol. The molecule has 1 heterocycles. The van der Waals surface area contributed by atoms with Gasteiger partial charge in [0.1, 0.15) is 5.82 Å². The fraction of sp³-hybridized carbons (Fsp3) is 0.417. The number of alkyl halides is 3. The number of piperazine rings is 1. The summed E-state index contributed by atoms with van der Waals surface area (Å²) in [6, 6.07) is 8.39. The Morgan fingerprint density at radius 1 is 1.11 bits per heavy atom. The standard InChI is InChI=1S/C24H28ClF4N5O2/c1-15(22(30)35)31-14-16-2-4-18(19(26)12-16)23(36)32-20-5-3-17(25)13-21(20)34-10-8-33(9-11-34)7-6-24(27,28)29/h2-5,12-13,15,31H,6-11,14H2,1H3,(H2,30,35)(H,32,36)/t15-/m0/s1. The molecular formula is C24H28ClF4N5O2. The second-order valence-electron chi connectivity index (χ2n) is 8.63. The molecular weight excluding hydrogens is 502 g/mol. The van der Waals surface area contributed by atoms with E-state index in [1.165, 1.54) is 12.1 Å². The molecule has 7 nitrogen and oxygen atoms in total. The first kappa shape index (κ1) is 27.7. The third kappa shape index (κ3) is 7.81. The van der Waals surface area contributed by atoms with Crippen molar-refractivity contribution in [2.45, 2.75) is 32.1 Å². The Balaban J connectivity index is 1.67. The molecule has 0 aromatic heterocycles.